The van der Waals surface area contributed by atoms with Crippen LogP contribution in [0.4, 0.5) is 5.69 Å². The molecule has 166 valence electrons. The van der Waals surface area contributed by atoms with E-state index < -0.39 is 0 Å². The van der Waals surface area contributed by atoms with Gasteiger partial charge in [-0.3, -0.25) is 9.59 Å². The molecule has 3 aromatic rings. The van der Waals surface area contributed by atoms with E-state index in [-0.39, 0.29) is 18.2 Å². The maximum atomic E-state index is 12.2. The molecule has 1 aliphatic rings. The summed E-state index contributed by atoms with van der Waals surface area (Å²) in [6.07, 6.45) is 2.18. The third kappa shape index (κ3) is 5.22. The van der Waals surface area contributed by atoms with Gasteiger partial charge in [-0.2, -0.15) is 4.98 Å². The molecule has 2 amide bonds. The van der Waals surface area contributed by atoms with Gasteiger partial charge in [0.05, 0.1) is 0 Å². The molecule has 0 radical (unpaired) electrons. The number of carbonyl (C=O) groups excluding carboxylic acids is 2. The van der Waals surface area contributed by atoms with Gasteiger partial charge in [-0.25, -0.2) is 0 Å². The largest absolute Gasteiger partial charge is 0.352 e. The lowest BCUT2D eigenvalue weighted by Crippen LogP contribution is -2.24. The zero-order valence-electron chi connectivity index (χ0n) is 18.5. The summed E-state index contributed by atoms with van der Waals surface area (Å²) < 4.78 is 5.31. The highest BCUT2D eigenvalue weighted by molar-refractivity contribution is 5.95. The summed E-state index contributed by atoms with van der Waals surface area (Å²) >= 11 is 0. The van der Waals surface area contributed by atoms with Crippen molar-refractivity contribution in [1.29, 1.82) is 0 Å². The molecule has 1 fully saturated rings. The molecule has 0 bridgehead atoms. The molecule has 4 rings (SSSR count). The standard InChI is InChI=1S/C25H28N4O3/c1-17(2)19-7-9-20(10-8-19)25-27-23(32-28-25)14-13-22(30)26-16-18-5-11-21(12-6-18)29-15-3-4-24(29)31/h5-12,17H,3-4,13-16H2,1-2H3,(H,26,30). The Morgan fingerprint density at radius 3 is 2.53 bits per heavy atom. The van der Waals surface area contributed by atoms with E-state index in [4.69, 9.17) is 4.52 Å². The van der Waals surface area contributed by atoms with E-state index in [1.807, 2.05) is 36.4 Å². The quantitative estimate of drug-likeness (QED) is 0.575. The van der Waals surface area contributed by atoms with Gasteiger partial charge in [-0.1, -0.05) is 55.4 Å². The van der Waals surface area contributed by atoms with E-state index in [0.29, 0.717) is 37.0 Å². The van der Waals surface area contributed by atoms with Crippen LogP contribution in [0.25, 0.3) is 11.4 Å². The molecular formula is C25H28N4O3. The first kappa shape index (κ1) is 21.7. The summed E-state index contributed by atoms with van der Waals surface area (Å²) in [5.74, 6) is 1.54. The molecule has 7 nitrogen and oxygen atoms in total. The number of carbonyl (C=O) groups is 2. The van der Waals surface area contributed by atoms with Gasteiger partial charge in [0.15, 0.2) is 0 Å². The van der Waals surface area contributed by atoms with Gasteiger partial charge < -0.3 is 14.7 Å². The van der Waals surface area contributed by atoms with Crippen molar-refractivity contribution >= 4 is 17.5 Å². The van der Waals surface area contributed by atoms with Gasteiger partial charge in [-0.05, 0) is 35.6 Å². The molecule has 2 aromatic carbocycles. The lowest BCUT2D eigenvalue weighted by atomic mass is 10.0. The Kier molecular flexibility index (Phi) is 6.63. The smallest absolute Gasteiger partial charge is 0.227 e. The van der Waals surface area contributed by atoms with Crippen LogP contribution in [0.1, 0.15) is 56.0 Å². The molecule has 7 heteroatoms. The number of nitrogens with one attached hydrogen (secondary N) is 1. The first-order valence-electron chi connectivity index (χ1n) is 11.1. The predicted octanol–water partition coefficient (Wildman–Crippen LogP) is 4.24. The molecule has 0 unspecified atom stereocenters. The van der Waals surface area contributed by atoms with Crippen LogP contribution in [0.5, 0.6) is 0 Å². The van der Waals surface area contributed by atoms with Crippen LogP contribution in [0, 0.1) is 0 Å². The molecule has 2 heterocycles. The van der Waals surface area contributed by atoms with Crippen molar-refractivity contribution in [2.24, 2.45) is 0 Å². The fraction of sp³-hybridized carbons (Fsp3) is 0.360. The fourth-order valence-corrected chi connectivity index (χ4v) is 3.72. The monoisotopic (exact) mass is 432 g/mol. The minimum atomic E-state index is -0.0789. The summed E-state index contributed by atoms with van der Waals surface area (Å²) in [7, 11) is 0. The third-order valence-corrected chi connectivity index (χ3v) is 5.68. The minimum absolute atomic E-state index is 0.0789. The highest BCUT2D eigenvalue weighted by Crippen LogP contribution is 2.22. The third-order valence-electron chi connectivity index (χ3n) is 5.68. The topological polar surface area (TPSA) is 88.3 Å². The number of aromatic nitrogens is 2. The minimum Gasteiger partial charge on any atom is -0.352 e. The molecule has 1 aliphatic heterocycles. The molecule has 0 saturated carbocycles. The fourth-order valence-electron chi connectivity index (χ4n) is 3.72. The van der Waals surface area contributed by atoms with E-state index in [9.17, 15) is 9.59 Å². The van der Waals surface area contributed by atoms with Crippen LogP contribution in [-0.4, -0.2) is 28.5 Å². The van der Waals surface area contributed by atoms with Crippen LogP contribution in [0.3, 0.4) is 0 Å². The first-order valence-corrected chi connectivity index (χ1v) is 11.1. The maximum absolute atomic E-state index is 12.2. The van der Waals surface area contributed by atoms with Crippen molar-refractivity contribution in [3.05, 3.63) is 65.5 Å². The molecule has 32 heavy (non-hydrogen) atoms. The Labute approximate surface area is 187 Å². The Bertz CT molecular complexity index is 1070. The zero-order valence-corrected chi connectivity index (χ0v) is 18.5. The van der Waals surface area contributed by atoms with Crippen molar-refractivity contribution in [1.82, 2.24) is 15.5 Å². The second kappa shape index (κ2) is 9.77. The van der Waals surface area contributed by atoms with E-state index >= 15 is 0 Å². The Morgan fingerprint density at radius 1 is 1.12 bits per heavy atom. The zero-order chi connectivity index (χ0) is 22.5. The van der Waals surface area contributed by atoms with E-state index in [1.165, 1.54) is 5.56 Å². The molecule has 0 aliphatic carbocycles. The summed E-state index contributed by atoms with van der Waals surface area (Å²) in [5, 5.41) is 6.95. The molecule has 0 atom stereocenters. The number of hydrogen-bond acceptors (Lipinski definition) is 5. The number of anilines is 1. The molecule has 1 N–H and O–H groups in total. The second-order valence-corrected chi connectivity index (χ2v) is 8.38. The van der Waals surface area contributed by atoms with Crippen molar-refractivity contribution in [3.8, 4) is 11.4 Å². The predicted molar refractivity (Wildman–Crippen MR) is 122 cm³/mol. The Morgan fingerprint density at radius 2 is 1.88 bits per heavy atom. The summed E-state index contributed by atoms with van der Waals surface area (Å²) in [6, 6.07) is 15.9. The van der Waals surface area contributed by atoms with Gasteiger partial charge in [-0.15, -0.1) is 0 Å². The van der Waals surface area contributed by atoms with Crippen LogP contribution in [-0.2, 0) is 22.6 Å². The molecular weight excluding hydrogens is 404 g/mol. The Hall–Kier alpha value is -3.48. The Balaban J connectivity index is 1.24. The van der Waals surface area contributed by atoms with Crippen LogP contribution >= 0.6 is 0 Å². The van der Waals surface area contributed by atoms with E-state index in [0.717, 1.165) is 29.8 Å². The summed E-state index contributed by atoms with van der Waals surface area (Å²) in [4.78, 5) is 30.3. The van der Waals surface area contributed by atoms with Gasteiger partial charge in [0.25, 0.3) is 0 Å². The normalized spacial score (nSPS) is 13.7. The number of benzene rings is 2. The van der Waals surface area contributed by atoms with Gasteiger partial charge >= 0.3 is 0 Å². The molecule has 1 saturated heterocycles. The highest BCUT2D eigenvalue weighted by atomic mass is 16.5. The molecule has 1 aromatic heterocycles. The SMILES string of the molecule is CC(C)c1ccc(-c2noc(CCC(=O)NCc3ccc(N4CCCC4=O)cc3)n2)cc1. The van der Waals surface area contributed by atoms with Crippen molar-refractivity contribution < 1.29 is 14.1 Å². The van der Waals surface area contributed by atoms with E-state index in [2.05, 4.69) is 41.4 Å². The average Bonchev–Trinajstić information content (AvgIpc) is 3.46. The van der Waals surface area contributed by atoms with Crippen molar-refractivity contribution in [3.63, 3.8) is 0 Å². The highest BCUT2D eigenvalue weighted by Gasteiger charge is 2.21. The van der Waals surface area contributed by atoms with Crippen LogP contribution in [0.15, 0.2) is 53.1 Å². The van der Waals surface area contributed by atoms with Gasteiger partial charge in [0, 0.05) is 43.6 Å². The van der Waals surface area contributed by atoms with Crippen LogP contribution in [0.2, 0.25) is 0 Å². The first-order chi connectivity index (χ1) is 15.5. The summed E-state index contributed by atoms with van der Waals surface area (Å²) in [6.45, 7) is 5.51. The number of aryl methyl sites for hydroxylation is 1. The number of hydrogen-bond donors (Lipinski definition) is 1. The number of amides is 2. The average molecular weight is 433 g/mol. The second-order valence-electron chi connectivity index (χ2n) is 8.38. The summed E-state index contributed by atoms with van der Waals surface area (Å²) in [5.41, 5.74) is 4.05. The lowest BCUT2D eigenvalue weighted by Gasteiger charge is -2.16. The number of nitrogens with zero attached hydrogens (tertiary/aromatic N) is 3. The van der Waals surface area contributed by atoms with E-state index in [1.54, 1.807) is 4.90 Å². The van der Waals surface area contributed by atoms with Gasteiger partial charge in [0.1, 0.15) is 0 Å². The van der Waals surface area contributed by atoms with Crippen molar-refractivity contribution in [2.75, 3.05) is 11.4 Å². The maximum Gasteiger partial charge on any atom is 0.227 e. The number of rotatable bonds is 8. The van der Waals surface area contributed by atoms with Gasteiger partial charge in [0.2, 0.25) is 23.5 Å². The molecule has 0 spiro atoms. The van der Waals surface area contributed by atoms with Crippen LogP contribution < -0.4 is 10.2 Å². The van der Waals surface area contributed by atoms with Crippen molar-refractivity contribution in [2.45, 2.75) is 52.0 Å². The lowest BCUT2D eigenvalue weighted by molar-refractivity contribution is -0.121.